The number of aryl methyl sites for hydroxylation is 2. The molecular weight excluding hydrogens is 771 g/mol. The molecule has 1 N–H and O–H groups in total. The SMILES string of the molecule is Cc1ccnc2c3[c-]cccc3c3ccccc3c12.Cc1ccnc2c3ccccc3c3ccccc3c12.O=C(O)c1ccccn1.[Ir]. The Balaban J connectivity index is 0.000000132. The van der Waals surface area contributed by atoms with Gasteiger partial charge < -0.3 is 10.1 Å². The van der Waals surface area contributed by atoms with Gasteiger partial charge in [0, 0.05) is 49.5 Å². The number of carboxylic acid groups (broad SMARTS) is 1. The van der Waals surface area contributed by atoms with Crippen LogP contribution in [0.15, 0.2) is 140 Å². The van der Waals surface area contributed by atoms with E-state index in [0.717, 1.165) is 16.4 Å². The van der Waals surface area contributed by atoms with Gasteiger partial charge in [0.15, 0.2) is 0 Å². The summed E-state index contributed by atoms with van der Waals surface area (Å²) in [5.41, 5.74) is 4.79. The van der Waals surface area contributed by atoms with E-state index in [9.17, 15) is 4.79 Å². The van der Waals surface area contributed by atoms with E-state index < -0.39 is 5.97 Å². The standard InChI is InChI=1S/C18H13N.C18H12N.C6H5NO2.Ir/c2*1-12-10-11-19-18-16-9-5-3-7-14(16)13-6-2-4-8-15(13)17(12)18;8-6(9)5-3-1-2-4-7-5;/h2-11H,1H3;2-8,10-11H,1H3;1-4H,(H,8,9);/q;-1;;. The van der Waals surface area contributed by atoms with E-state index in [-0.39, 0.29) is 25.8 Å². The largest absolute Gasteiger partial charge is 0.477 e. The van der Waals surface area contributed by atoms with Gasteiger partial charge in [0.2, 0.25) is 0 Å². The van der Waals surface area contributed by atoms with Gasteiger partial charge in [-0.3, -0.25) is 4.98 Å². The van der Waals surface area contributed by atoms with Crippen LogP contribution in [0, 0.1) is 19.9 Å². The molecule has 0 unspecified atom stereocenters. The molecule has 0 spiro atoms. The fourth-order valence-corrected chi connectivity index (χ4v) is 6.33. The third-order valence-corrected chi connectivity index (χ3v) is 8.45. The normalized spacial score (nSPS) is 10.7. The zero-order valence-electron chi connectivity index (χ0n) is 26.3. The summed E-state index contributed by atoms with van der Waals surface area (Å²) in [7, 11) is 0. The summed E-state index contributed by atoms with van der Waals surface area (Å²) < 4.78 is 0. The molecule has 0 bridgehead atoms. The molecule has 0 amide bonds. The first-order valence-corrected chi connectivity index (χ1v) is 15.4. The summed E-state index contributed by atoms with van der Waals surface area (Å²) in [6, 6.07) is 44.1. The van der Waals surface area contributed by atoms with Gasteiger partial charge in [0.25, 0.3) is 0 Å². The van der Waals surface area contributed by atoms with Gasteiger partial charge in [-0.25, -0.2) is 9.78 Å². The first kappa shape index (κ1) is 32.4. The average molecular weight is 801 g/mol. The third-order valence-electron chi connectivity index (χ3n) is 8.45. The molecule has 3 aromatic heterocycles. The number of carbonyl (C=O) groups is 1. The number of pyridine rings is 3. The van der Waals surface area contributed by atoms with Crippen molar-refractivity contribution in [3.8, 4) is 0 Å². The van der Waals surface area contributed by atoms with E-state index in [1.54, 1.807) is 12.1 Å². The molecule has 9 rings (SSSR count). The number of rotatable bonds is 1. The number of nitrogens with zero attached hydrogens (tertiary/aromatic N) is 3. The van der Waals surface area contributed by atoms with Crippen LogP contribution in [0.2, 0.25) is 0 Å². The van der Waals surface area contributed by atoms with Crippen molar-refractivity contribution >= 4 is 70.9 Å². The molecule has 0 aliphatic rings. The van der Waals surface area contributed by atoms with Crippen LogP contribution < -0.4 is 0 Å². The van der Waals surface area contributed by atoms with Crippen molar-refractivity contribution in [2.75, 3.05) is 0 Å². The van der Waals surface area contributed by atoms with Gasteiger partial charge in [-0.1, -0.05) is 89.6 Å². The van der Waals surface area contributed by atoms with Crippen LogP contribution in [0.25, 0.3) is 64.9 Å². The number of hydrogen-bond donors (Lipinski definition) is 1. The molecule has 9 aromatic rings. The van der Waals surface area contributed by atoms with Crippen LogP contribution in [0.4, 0.5) is 0 Å². The summed E-state index contributed by atoms with van der Waals surface area (Å²) in [6.45, 7) is 4.30. The molecule has 0 aliphatic carbocycles. The Hall–Kier alpha value is -5.55. The van der Waals surface area contributed by atoms with Crippen molar-refractivity contribution in [3.63, 3.8) is 0 Å². The van der Waals surface area contributed by atoms with Crippen LogP contribution in [-0.2, 0) is 20.1 Å². The molecule has 5 nitrogen and oxygen atoms in total. The van der Waals surface area contributed by atoms with Crippen LogP contribution in [-0.4, -0.2) is 26.0 Å². The van der Waals surface area contributed by atoms with Crippen molar-refractivity contribution in [1.82, 2.24) is 15.0 Å². The zero-order chi connectivity index (χ0) is 32.3. The second-order valence-electron chi connectivity index (χ2n) is 11.3. The second kappa shape index (κ2) is 14.1. The maximum absolute atomic E-state index is 10.1. The van der Waals surface area contributed by atoms with Crippen molar-refractivity contribution in [2.24, 2.45) is 0 Å². The van der Waals surface area contributed by atoms with Gasteiger partial charge >= 0.3 is 5.97 Å². The molecule has 1 radical (unpaired) electrons. The summed E-state index contributed by atoms with van der Waals surface area (Å²) in [5, 5.41) is 20.8. The quantitative estimate of drug-likeness (QED) is 0.132. The van der Waals surface area contributed by atoms with Gasteiger partial charge in [-0.05, 0) is 81.7 Å². The average Bonchev–Trinajstić information content (AvgIpc) is 3.13. The summed E-state index contributed by atoms with van der Waals surface area (Å²) >= 11 is 0. The molecule has 6 aromatic carbocycles. The maximum atomic E-state index is 10.1. The Morgan fingerprint density at radius 1 is 0.521 bits per heavy atom. The van der Waals surface area contributed by atoms with E-state index in [0.29, 0.717) is 0 Å². The Kier molecular flexibility index (Phi) is 9.49. The zero-order valence-corrected chi connectivity index (χ0v) is 28.7. The van der Waals surface area contributed by atoms with E-state index in [1.165, 1.54) is 71.9 Å². The van der Waals surface area contributed by atoms with Gasteiger partial charge in [-0.2, -0.15) is 0 Å². The molecule has 0 atom stereocenters. The molecule has 0 fully saturated rings. The minimum atomic E-state index is -0.990. The van der Waals surface area contributed by atoms with Gasteiger partial charge in [0.1, 0.15) is 5.69 Å². The van der Waals surface area contributed by atoms with Crippen molar-refractivity contribution < 1.29 is 30.0 Å². The summed E-state index contributed by atoms with van der Waals surface area (Å²) in [5.74, 6) is -0.990. The summed E-state index contributed by atoms with van der Waals surface area (Å²) in [6.07, 6.45) is 5.23. The number of aromatic carboxylic acids is 1. The number of carboxylic acids is 1. The van der Waals surface area contributed by atoms with Gasteiger partial charge in [-0.15, -0.1) is 29.7 Å². The molecule has 3 heterocycles. The van der Waals surface area contributed by atoms with Crippen molar-refractivity contribution in [3.05, 3.63) is 163 Å². The molecular formula is C42H30IrN3O2-. The number of benzene rings is 6. The first-order chi connectivity index (χ1) is 23.0. The van der Waals surface area contributed by atoms with E-state index >= 15 is 0 Å². The Bertz CT molecular complexity index is 2340. The predicted molar refractivity (Wildman–Crippen MR) is 193 cm³/mol. The number of hydrogen-bond acceptors (Lipinski definition) is 4. The Labute approximate surface area is 291 Å². The topological polar surface area (TPSA) is 76.0 Å². The molecule has 0 saturated carbocycles. The fourth-order valence-electron chi connectivity index (χ4n) is 6.33. The van der Waals surface area contributed by atoms with E-state index in [2.05, 4.69) is 126 Å². The minimum absolute atomic E-state index is 0. The van der Waals surface area contributed by atoms with Crippen LogP contribution in [0.1, 0.15) is 21.6 Å². The second-order valence-corrected chi connectivity index (χ2v) is 11.3. The van der Waals surface area contributed by atoms with Crippen molar-refractivity contribution in [1.29, 1.82) is 0 Å². The third kappa shape index (κ3) is 6.00. The first-order valence-electron chi connectivity index (χ1n) is 15.4. The fraction of sp³-hybridized carbons (Fsp3) is 0.0476. The summed E-state index contributed by atoms with van der Waals surface area (Å²) in [4.78, 5) is 22.9. The predicted octanol–water partition coefficient (Wildman–Crippen LogP) is 10.3. The molecule has 48 heavy (non-hydrogen) atoms. The maximum Gasteiger partial charge on any atom is 0.354 e. The Morgan fingerprint density at radius 3 is 1.56 bits per heavy atom. The number of aromatic nitrogens is 3. The van der Waals surface area contributed by atoms with Crippen LogP contribution in [0.3, 0.4) is 0 Å². The Morgan fingerprint density at radius 2 is 1.00 bits per heavy atom. The smallest absolute Gasteiger partial charge is 0.354 e. The molecule has 0 saturated heterocycles. The molecule has 0 aliphatic heterocycles. The van der Waals surface area contributed by atoms with E-state index in [4.69, 9.17) is 5.11 Å². The molecule has 235 valence electrons. The van der Waals surface area contributed by atoms with Gasteiger partial charge in [0.05, 0.1) is 5.52 Å². The van der Waals surface area contributed by atoms with E-state index in [1.807, 2.05) is 24.5 Å². The monoisotopic (exact) mass is 801 g/mol. The molecule has 6 heteroatoms. The number of fused-ring (bicyclic) bond motifs is 12. The van der Waals surface area contributed by atoms with Crippen LogP contribution in [0.5, 0.6) is 0 Å². The van der Waals surface area contributed by atoms with Crippen molar-refractivity contribution in [2.45, 2.75) is 13.8 Å². The van der Waals surface area contributed by atoms with Crippen LogP contribution >= 0.6 is 0 Å². The minimum Gasteiger partial charge on any atom is -0.477 e.